The number of carbonyl (C=O) groups excluding carboxylic acids is 2. The van der Waals surface area contributed by atoms with E-state index < -0.39 is 34.3 Å². The van der Waals surface area contributed by atoms with E-state index in [9.17, 15) is 22.4 Å². The van der Waals surface area contributed by atoms with Gasteiger partial charge in [0.15, 0.2) is 0 Å². The summed E-state index contributed by atoms with van der Waals surface area (Å²) in [5, 5.41) is 3.00. The number of carbonyl (C=O) groups is 2. The molecule has 1 aliphatic carbocycles. The average Bonchev–Trinajstić information content (AvgIpc) is 3.44. The van der Waals surface area contributed by atoms with Crippen LogP contribution in [0.15, 0.2) is 88.2 Å². The van der Waals surface area contributed by atoms with Crippen molar-refractivity contribution in [3.05, 3.63) is 94.7 Å². The maximum absolute atomic E-state index is 14.6. The second kappa shape index (κ2) is 12.7. The fourth-order valence-corrected chi connectivity index (χ4v) is 6.48. The van der Waals surface area contributed by atoms with Gasteiger partial charge >= 0.3 is 0 Å². The largest absolute Gasteiger partial charge is 0.352 e. The summed E-state index contributed by atoms with van der Waals surface area (Å²) in [7, 11) is -4.15. The quantitative estimate of drug-likeness (QED) is 0.337. The van der Waals surface area contributed by atoms with E-state index >= 15 is 0 Å². The van der Waals surface area contributed by atoms with Crippen LogP contribution in [0.1, 0.15) is 38.2 Å². The van der Waals surface area contributed by atoms with Gasteiger partial charge < -0.3 is 10.2 Å². The number of hydrogen-bond donors (Lipinski definition) is 1. The highest BCUT2D eigenvalue weighted by Crippen LogP contribution is 2.27. The molecule has 4 rings (SSSR count). The second-order valence-corrected chi connectivity index (χ2v) is 12.4. The van der Waals surface area contributed by atoms with Crippen molar-refractivity contribution < 1.29 is 22.4 Å². The van der Waals surface area contributed by atoms with Crippen molar-refractivity contribution >= 4 is 43.5 Å². The Morgan fingerprint density at radius 2 is 1.67 bits per heavy atom. The van der Waals surface area contributed by atoms with E-state index in [1.165, 1.54) is 23.1 Å². The molecule has 1 atom stereocenters. The van der Waals surface area contributed by atoms with Gasteiger partial charge in [-0.3, -0.25) is 13.9 Å². The SMILES string of the molecule is C[C@@H](C(=O)NC1CCCC1)N(Cc1ccccc1F)C(=O)CN(c1cccc(Br)c1)S(=O)(=O)c1ccccc1. The van der Waals surface area contributed by atoms with Crippen LogP contribution < -0.4 is 9.62 Å². The number of nitrogens with zero attached hydrogens (tertiary/aromatic N) is 2. The maximum atomic E-state index is 14.6. The molecule has 7 nitrogen and oxygen atoms in total. The molecule has 1 aliphatic rings. The molecule has 0 aliphatic heterocycles. The van der Waals surface area contributed by atoms with Crippen LogP contribution in [0.4, 0.5) is 10.1 Å². The Labute approximate surface area is 237 Å². The number of halogens is 2. The van der Waals surface area contributed by atoms with Gasteiger partial charge in [0, 0.05) is 22.6 Å². The van der Waals surface area contributed by atoms with Gasteiger partial charge in [-0.15, -0.1) is 0 Å². The molecular weight excluding hydrogens is 585 g/mol. The Bertz CT molecular complexity index is 1410. The predicted molar refractivity (Wildman–Crippen MR) is 152 cm³/mol. The van der Waals surface area contributed by atoms with Crippen molar-refractivity contribution in [3.63, 3.8) is 0 Å². The van der Waals surface area contributed by atoms with Gasteiger partial charge in [-0.1, -0.05) is 71.2 Å². The van der Waals surface area contributed by atoms with Gasteiger partial charge in [-0.2, -0.15) is 0 Å². The topological polar surface area (TPSA) is 86.8 Å². The van der Waals surface area contributed by atoms with Crippen LogP contribution in [0.25, 0.3) is 0 Å². The van der Waals surface area contributed by atoms with Crippen LogP contribution in [-0.2, 0) is 26.2 Å². The Kier molecular flexibility index (Phi) is 9.40. The highest BCUT2D eigenvalue weighted by Gasteiger charge is 2.33. The summed E-state index contributed by atoms with van der Waals surface area (Å²) in [6.45, 7) is 0.809. The fourth-order valence-electron chi connectivity index (χ4n) is 4.66. The minimum Gasteiger partial charge on any atom is -0.352 e. The van der Waals surface area contributed by atoms with Gasteiger partial charge in [-0.05, 0) is 56.2 Å². The zero-order valence-electron chi connectivity index (χ0n) is 21.6. The molecule has 0 bridgehead atoms. The van der Waals surface area contributed by atoms with E-state index in [4.69, 9.17) is 0 Å². The molecule has 1 fully saturated rings. The van der Waals surface area contributed by atoms with Crippen LogP contribution >= 0.6 is 15.9 Å². The lowest BCUT2D eigenvalue weighted by atomic mass is 10.1. The standard InChI is InChI=1S/C29H31BrFN3O4S/c1-21(29(36)32-24-12-6-7-13-24)33(19-22-10-5-8-17-27(22)31)28(35)20-34(25-14-9-11-23(30)18-25)39(37,38)26-15-3-2-4-16-26/h2-5,8-11,14-18,21,24H,6-7,12-13,19-20H2,1H3,(H,32,36)/t21-/m0/s1. The third kappa shape index (κ3) is 7.05. The van der Waals surface area contributed by atoms with Crippen molar-refractivity contribution in [1.82, 2.24) is 10.2 Å². The number of benzene rings is 3. The Hall–Kier alpha value is -3.24. The maximum Gasteiger partial charge on any atom is 0.264 e. The molecule has 0 saturated heterocycles. The number of hydrogen-bond acceptors (Lipinski definition) is 4. The van der Waals surface area contributed by atoms with Crippen LogP contribution in [0, 0.1) is 5.82 Å². The first-order chi connectivity index (χ1) is 18.7. The lowest BCUT2D eigenvalue weighted by Gasteiger charge is -2.32. The Balaban J connectivity index is 1.69. The summed E-state index contributed by atoms with van der Waals surface area (Å²) in [6, 6.07) is 19.5. The summed E-state index contributed by atoms with van der Waals surface area (Å²) in [5.41, 5.74) is 0.502. The summed E-state index contributed by atoms with van der Waals surface area (Å²) >= 11 is 3.37. The highest BCUT2D eigenvalue weighted by atomic mass is 79.9. The summed E-state index contributed by atoms with van der Waals surface area (Å²) < 4.78 is 43.8. The molecule has 0 aromatic heterocycles. The lowest BCUT2D eigenvalue weighted by Crippen LogP contribution is -2.52. The lowest BCUT2D eigenvalue weighted by molar-refractivity contribution is -0.139. The van der Waals surface area contributed by atoms with E-state index in [2.05, 4.69) is 21.2 Å². The van der Waals surface area contributed by atoms with Crippen molar-refractivity contribution in [3.8, 4) is 0 Å². The van der Waals surface area contributed by atoms with E-state index in [0.717, 1.165) is 30.0 Å². The van der Waals surface area contributed by atoms with Crippen molar-refractivity contribution in [1.29, 1.82) is 0 Å². The van der Waals surface area contributed by atoms with Crippen LogP contribution in [-0.4, -0.2) is 43.8 Å². The van der Waals surface area contributed by atoms with E-state index in [1.807, 2.05) is 0 Å². The van der Waals surface area contributed by atoms with E-state index in [-0.39, 0.29) is 34.6 Å². The molecule has 3 aromatic carbocycles. The van der Waals surface area contributed by atoms with Gasteiger partial charge in [0.25, 0.3) is 10.0 Å². The minimum atomic E-state index is -4.15. The van der Waals surface area contributed by atoms with E-state index in [1.54, 1.807) is 67.6 Å². The molecular formula is C29H31BrFN3O4S. The van der Waals surface area contributed by atoms with Gasteiger partial charge in [0.05, 0.1) is 10.6 Å². The van der Waals surface area contributed by atoms with Crippen molar-refractivity contribution in [2.45, 2.75) is 56.1 Å². The summed E-state index contributed by atoms with van der Waals surface area (Å²) in [5.74, 6) is -1.50. The minimum absolute atomic E-state index is 0.0189. The number of amides is 2. The fraction of sp³-hybridized carbons (Fsp3) is 0.310. The highest BCUT2D eigenvalue weighted by molar-refractivity contribution is 9.10. The van der Waals surface area contributed by atoms with E-state index in [0.29, 0.717) is 4.47 Å². The zero-order chi connectivity index (χ0) is 28.0. The third-order valence-corrected chi connectivity index (χ3v) is 9.15. The summed E-state index contributed by atoms with van der Waals surface area (Å²) in [4.78, 5) is 28.4. The number of sulfonamides is 1. The van der Waals surface area contributed by atoms with Gasteiger partial charge in [-0.25, -0.2) is 12.8 Å². The predicted octanol–water partition coefficient (Wildman–Crippen LogP) is 5.26. The third-order valence-electron chi connectivity index (χ3n) is 6.87. The van der Waals surface area contributed by atoms with Crippen LogP contribution in [0.5, 0.6) is 0 Å². The normalized spacial score (nSPS) is 14.5. The molecule has 1 N–H and O–H groups in total. The molecule has 10 heteroatoms. The molecule has 3 aromatic rings. The molecule has 0 heterocycles. The summed E-state index contributed by atoms with van der Waals surface area (Å²) in [6.07, 6.45) is 3.78. The Morgan fingerprint density at radius 3 is 2.33 bits per heavy atom. The van der Waals surface area contributed by atoms with Crippen LogP contribution in [0.3, 0.4) is 0 Å². The number of rotatable bonds is 10. The first-order valence-corrected chi connectivity index (χ1v) is 15.1. The van der Waals surface area contributed by atoms with Gasteiger partial charge in [0.2, 0.25) is 11.8 Å². The molecule has 0 radical (unpaired) electrons. The zero-order valence-corrected chi connectivity index (χ0v) is 24.0. The number of anilines is 1. The monoisotopic (exact) mass is 615 g/mol. The van der Waals surface area contributed by atoms with Gasteiger partial charge in [0.1, 0.15) is 18.4 Å². The molecule has 206 valence electrons. The molecule has 39 heavy (non-hydrogen) atoms. The molecule has 2 amide bonds. The second-order valence-electron chi connectivity index (χ2n) is 9.58. The molecule has 1 saturated carbocycles. The number of nitrogens with one attached hydrogen (secondary N) is 1. The smallest absolute Gasteiger partial charge is 0.264 e. The first-order valence-electron chi connectivity index (χ1n) is 12.8. The average molecular weight is 617 g/mol. The first kappa shape index (κ1) is 28.8. The molecule has 0 unspecified atom stereocenters. The van der Waals surface area contributed by atoms with Crippen LogP contribution in [0.2, 0.25) is 0 Å². The van der Waals surface area contributed by atoms with Crippen molar-refractivity contribution in [2.75, 3.05) is 10.8 Å². The molecule has 0 spiro atoms. The van der Waals surface area contributed by atoms with Crippen molar-refractivity contribution in [2.24, 2.45) is 0 Å². The Morgan fingerprint density at radius 1 is 1.00 bits per heavy atom.